The summed E-state index contributed by atoms with van der Waals surface area (Å²) in [7, 11) is 0. The van der Waals surface area contributed by atoms with E-state index < -0.39 is 0 Å². The zero-order chi connectivity index (χ0) is 16.0. The lowest BCUT2D eigenvalue weighted by Crippen LogP contribution is -2.35. The zero-order valence-corrected chi connectivity index (χ0v) is 13.7. The van der Waals surface area contributed by atoms with Gasteiger partial charge in [-0.3, -0.25) is 0 Å². The number of fused-ring (bicyclic) bond motifs is 5. The second-order valence-electron chi connectivity index (χ2n) is 6.39. The van der Waals surface area contributed by atoms with Gasteiger partial charge in [-0.05, 0) is 44.0 Å². The van der Waals surface area contributed by atoms with Crippen LogP contribution in [0.4, 0.5) is 5.69 Å². The summed E-state index contributed by atoms with van der Waals surface area (Å²) in [6, 6.07) is 14.3. The van der Waals surface area contributed by atoms with Crippen LogP contribution in [0.3, 0.4) is 0 Å². The molecule has 0 amide bonds. The van der Waals surface area contributed by atoms with Crippen LogP contribution in [0, 0.1) is 0 Å². The molecule has 4 heteroatoms. The molecule has 1 aliphatic rings. The number of benzene rings is 2. The normalized spacial score (nSPS) is 19.3. The van der Waals surface area contributed by atoms with Crippen LogP contribution in [-0.2, 0) is 5.54 Å². The van der Waals surface area contributed by atoms with Crippen LogP contribution >= 0.6 is 11.6 Å². The summed E-state index contributed by atoms with van der Waals surface area (Å²) in [5.41, 5.74) is 5.54. The molecule has 2 aromatic carbocycles. The molecule has 1 aromatic heterocycles. The minimum absolute atomic E-state index is 0.192. The zero-order valence-electron chi connectivity index (χ0n) is 13.0. The predicted octanol–water partition coefficient (Wildman–Crippen LogP) is 4.90. The molecule has 0 spiro atoms. The van der Waals surface area contributed by atoms with E-state index in [-0.39, 0.29) is 12.1 Å². The molecule has 3 nitrogen and oxygen atoms in total. The average Bonchev–Trinajstić information content (AvgIpc) is 2.93. The number of para-hydroxylation sites is 1. The first-order valence-corrected chi connectivity index (χ1v) is 8.30. The van der Waals surface area contributed by atoms with Crippen molar-refractivity contribution in [1.29, 1.82) is 0 Å². The van der Waals surface area contributed by atoms with Gasteiger partial charge in [0.15, 0.2) is 0 Å². The van der Waals surface area contributed by atoms with E-state index in [9.17, 15) is 5.11 Å². The van der Waals surface area contributed by atoms with Gasteiger partial charge in [0.2, 0.25) is 0 Å². The number of nitrogens with one attached hydrogen (secondary N) is 2. The van der Waals surface area contributed by atoms with E-state index in [0.29, 0.717) is 0 Å². The highest BCUT2D eigenvalue weighted by atomic mass is 35.5. The first-order chi connectivity index (χ1) is 11.1. The summed E-state index contributed by atoms with van der Waals surface area (Å²) in [5, 5.41) is 14.9. The quantitative estimate of drug-likeness (QED) is 0.641. The van der Waals surface area contributed by atoms with Gasteiger partial charge in [-0.1, -0.05) is 29.8 Å². The van der Waals surface area contributed by atoms with Gasteiger partial charge in [-0.25, -0.2) is 0 Å². The molecule has 0 fully saturated rings. The van der Waals surface area contributed by atoms with E-state index in [1.807, 2.05) is 24.3 Å². The first-order valence-electron chi connectivity index (χ1n) is 7.92. The fourth-order valence-electron chi connectivity index (χ4n) is 3.73. The minimum Gasteiger partial charge on any atom is -0.396 e. The van der Waals surface area contributed by atoms with Gasteiger partial charge in [-0.2, -0.15) is 0 Å². The lowest BCUT2D eigenvalue weighted by molar-refractivity contribution is 0.270. The summed E-state index contributed by atoms with van der Waals surface area (Å²) in [6.07, 6.45) is 1.60. The van der Waals surface area contributed by atoms with Gasteiger partial charge >= 0.3 is 0 Å². The molecule has 3 N–H and O–H groups in total. The Hall–Kier alpha value is -1.97. The van der Waals surface area contributed by atoms with Gasteiger partial charge in [0.1, 0.15) is 0 Å². The van der Waals surface area contributed by atoms with Crippen LogP contribution in [0.2, 0.25) is 5.02 Å². The van der Waals surface area contributed by atoms with Crippen LogP contribution in [0.1, 0.15) is 25.3 Å². The highest BCUT2D eigenvalue weighted by Gasteiger charge is 2.36. The van der Waals surface area contributed by atoms with Gasteiger partial charge in [0.05, 0.1) is 11.2 Å². The molecule has 0 radical (unpaired) electrons. The summed E-state index contributed by atoms with van der Waals surface area (Å²) in [4.78, 5) is 3.57. The van der Waals surface area contributed by atoms with Crippen molar-refractivity contribution in [1.82, 2.24) is 4.98 Å². The number of halogens is 1. The SMILES string of the molecule is CC1(CCCO)Nc2ccccc2-c2[nH]c3ccc(Cl)cc3c21. The molecule has 0 aliphatic carbocycles. The second-order valence-corrected chi connectivity index (χ2v) is 6.83. The summed E-state index contributed by atoms with van der Waals surface area (Å²) in [5.74, 6) is 0. The largest absolute Gasteiger partial charge is 0.396 e. The standard InChI is InChI=1S/C19H19ClN2O/c1-19(9-4-10-23)17-14-11-12(20)7-8-15(14)21-18(17)13-5-2-3-6-16(13)22-19/h2-3,5-8,11,21-23H,4,9-10H2,1H3. The predicted molar refractivity (Wildman–Crippen MR) is 96.0 cm³/mol. The number of H-pyrrole nitrogens is 1. The van der Waals surface area contributed by atoms with Crippen molar-refractivity contribution in [2.24, 2.45) is 0 Å². The van der Waals surface area contributed by atoms with Crippen molar-refractivity contribution in [3.63, 3.8) is 0 Å². The summed E-state index contributed by atoms with van der Waals surface area (Å²) >= 11 is 6.24. The van der Waals surface area contributed by atoms with Crippen molar-refractivity contribution in [2.45, 2.75) is 25.3 Å². The van der Waals surface area contributed by atoms with Gasteiger partial charge in [0, 0.05) is 39.3 Å². The lowest BCUT2D eigenvalue weighted by atomic mass is 9.80. The fraction of sp³-hybridized carbons (Fsp3) is 0.263. The molecule has 4 rings (SSSR count). The Morgan fingerprint density at radius 1 is 1.17 bits per heavy atom. The Balaban J connectivity index is 2.02. The van der Waals surface area contributed by atoms with Crippen molar-refractivity contribution in [3.8, 4) is 11.3 Å². The Labute approximate surface area is 140 Å². The highest BCUT2D eigenvalue weighted by Crippen LogP contribution is 2.48. The number of aliphatic hydroxyl groups excluding tert-OH is 1. The van der Waals surface area contributed by atoms with Crippen molar-refractivity contribution in [2.75, 3.05) is 11.9 Å². The van der Waals surface area contributed by atoms with Crippen LogP contribution < -0.4 is 5.32 Å². The molecule has 1 atom stereocenters. The maximum atomic E-state index is 9.31. The topological polar surface area (TPSA) is 48.0 Å². The maximum Gasteiger partial charge on any atom is 0.0625 e. The third kappa shape index (κ3) is 2.23. The number of hydrogen-bond acceptors (Lipinski definition) is 2. The summed E-state index contributed by atoms with van der Waals surface area (Å²) in [6.45, 7) is 2.39. The van der Waals surface area contributed by atoms with Gasteiger partial charge in [0.25, 0.3) is 0 Å². The second kappa shape index (κ2) is 5.29. The van der Waals surface area contributed by atoms with Crippen molar-refractivity contribution < 1.29 is 5.11 Å². The van der Waals surface area contributed by atoms with E-state index in [1.165, 1.54) is 11.1 Å². The molecule has 3 aromatic rings. The van der Waals surface area contributed by atoms with E-state index >= 15 is 0 Å². The van der Waals surface area contributed by atoms with Crippen molar-refractivity contribution in [3.05, 3.63) is 53.1 Å². The lowest BCUT2D eigenvalue weighted by Gasteiger charge is -2.37. The van der Waals surface area contributed by atoms with Crippen LogP contribution in [0.5, 0.6) is 0 Å². The summed E-state index contributed by atoms with van der Waals surface area (Å²) < 4.78 is 0. The molecule has 0 saturated heterocycles. The highest BCUT2D eigenvalue weighted by molar-refractivity contribution is 6.31. The Kier molecular flexibility index (Phi) is 3.36. The number of rotatable bonds is 3. The molecule has 1 aliphatic heterocycles. The third-order valence-electron chi connectivity index (χ3n) is 4.75. The van der Waals surface area contributed by atoms with E-state index in [2.05, 4.69) is 35.4 Å². The van der Waals surface area contributed by atoms with Crippen LogP contribution in [0.15, 0.2) is 42.5 Å². The Morgan fingerprint density at radius 3 is 2.83 bits per heavy atom. The number of aliphatic hydroxyl groups is 1. The van der Waals surface area contributed by atoms with Crippen molar-refractivity contribution >= 4 is 28.2 Å². The van der Waals surface area contributed by atoms with E-state index in [1.54, 1.807) is 0 Å². The number of aromatic amines is 1. The molecule has 0 bridgehead atoms. The molecule has 118 valence electrons. The molecule has 1 unspecified atom stereocenters. The Bertz CT molecular complexity index is 886. The first kappa shape index (κ1) is 14.6. The molecular weight excluding hydrogens is 308 g/mol. The van der Waals surface area contributed by atoms with E-state index in [4.69, 9.17) is 11.6 Å². The number of anilines is 1. The fourth-order valence-corrected chi connectivity index (χ4v) is 3.90. The molecule has 0 saturated carbocycles. The van der Waals surface area contributed by atoms with Gasteiger partial charge < -0.3 is 15.4 Å². The average molecular weight is 327 g/mol. The minimum atomic E-state index is -0.241. The smallest absolute Gasteiger partial charge is 0.0625 e. The molecular formula is C19H19ClN2O. The number of hydrogen-bond donors (Lipinski definition) is 3. The molecule has 2 heterocycles. The number of aromatic nitrogens is 1. The maximum absolute atomic E-state index is 9.31. The van der Waals surface area contributed by atoms with Crippen LogP contribution in [-0.4, -0.2) is 16.7 Å². The molecule has 23 heavy (non-hydrogen) atoms. The third-order valence-corrected chi connectivity index (χ3v) is 4.99. The Morgan fingerprint density at radius 2 is 2.00 bits per heavy atom. The van der Waals surface area contributed by atoms with E-state index in [0.717, 1.165) is 40.1 Å². The monoisotopic (exact) mass is 326 g/mol. The van der Waals surface area contributed by atoms with Crippen LogP contribution in [0.25, 0.3) is 22.2 Å². The van der Waals surface area contributed by atoms with Gasteiger partial charge in [-0.15, -0.1) is 0 Å².